The van der Waals surface area contributed by atoms with Crippen LogP contribution in [0.15, 0.2) is 60.7 Å². The summed E-state index contributed by atoms with van der Waals surface area (Å²) in [6, 6.07) is 17.2. The minimum atomic E-state index is -0.154. The second-order valence-electron chi connectivity index (χ2n) is 5.63. The predicted molar refractivity (Wildman–Crippen MR) is 104 cm³/mol. The molecule has 0 unspecified atom stereocenters. The number of nitrogens with zero attached hydrogens (tertiary/aromatic N) is 1. The van der Waals surface area contributed by atoms with Gasteiger partial charge in [0.2, 0.25) is 5.91 Å². The van der Waals surface area contributed by atoms with Crippen molar-refractivity contribution in [3.05, 3.63) is 66.2 Å². The SMILES string of the molecule is CCN(CC)CCOc1ccc(NC(=O)C=Cc2ccccc2)cc1. The summed E-state index contributed by atoms with van der Waals surface area (Å²) in [5.41, 5.74) is 1.74. The van der Waals surface area contributed by atoms with Crippen LogP contribution in [-0.4, -0.2) is 37.0 Å². The van der Waals surface area contributed by atoms with E-state index in [0.717, 1.165) is 36.6 Å². The number of benzene rings is 2. The second-order valence-corrected chi connectivity index (χ2v) is 5.63. The van der Waals surface area contributed by atoms with E-state index in [4.69, 9.17) is 4.74 Å². The quantitative estimate of drug-likeness (QED) is 0.701. The lowest BCUT2D eigenvalue weighted by molar-refractivity contribution is -0.111. The van der Waals surface area contributed by atoms with E-state index in [1.165, 1.54) is 6.08 Å². The average Bonchev–Trinajstić information content (AvgIpc) is 2.66. The lowest BCUT2D eigenvalue weighted by Gasteiger charge is -2.18. The molecule has 132 valence electrons. The maximum absolute atomic E-state index is 11.9. The number of hydrogen-bond donors (Lipinski definition) is 1. The number of carbonyl (C=O) groups is 1. The molecule has 0 aliphatic carbocycles. The summed E-state index contributed by atoms with van der Waals surface area (Å²) in [7, 11) is 0. The van der Waals surface area contributed by atoms with E-state index in [0.29, 0.717) is 6.61 Å². The van der Waals surface area contributed by atoms with Crippen molar-refractivity contribution in [2.24, 2.45) is 0 Å². The number of anilines is 1. The molecule has 1 N–H and O–H groups in total. The molecule has 0 aromatic heterocycles. The normalized spacial score (nSPS) is 11.0. The lowest BCUT2D eigenvalue weighted by Crippen LogP contribution is -2.27. The second kappa shape index (κ2) is 10.3. The Labute approximate surface area is 150 Å². The van der Waals surface area contributed by atoms with Gasteiger partial charge in [-0.05, 0) is 49.0 Å². The highest BCUT2D eigenvalue weighted by Crippen LogP contribution is 2.16. The van der Waals surface area contributed by atoms with Crippen molar-refractivity contribution in [2.75, 3.05) is 31.6 Å². The molecule has 0 bridgehead atoms. The van der Waals surface area contributed by atoms with Gasteiger partial charge in [0.05, 0.1) is 0 Å². The Hall–Kier alpha value is -2.59. The van der Waals surface area contributed by atoms with Crippen LogP contribution in [0.4, 0.5) is 5.69 Å². The molecule has 0 heterocycles. The van der Waals surface area contributed by atoms with Gasteiger partial charge in [-0.15, -0.1) is 0 Å². The van der Waals surface area contributed by atoms with Gasteiger partial charge in [0.15, 0.2) is 0 Å². The van der Waals surface area contributed by atoms with Crippen LogP contribution in [0.2, 0.25) is 0 Å². The molecule has 0 fully saturated rings. The molecule has 4 nitrogen and oxygen atoms in total. The van der Waals surface area contributed by atoms with Crippen LogP contribution in [-0.2, 0) is 4.79 Å². The van der Waals surface area contributed by atoms with Gasteiger partial charge in [-0.25, -0.2) is 0 Å². The summed E-state index contributed by atoms with van der Waals surface area (Å²) in [5, 5.41) is 2.84. The molecule has 2 aromatic rings. The Balaban J connectivity index is 1.79. The van der Waals surface area contributed by atoms with E-state index in [2.05, 4.69) is 24.1 Å². The number of rotatable bonds is 9. The summed E-state index contributed by atoms with van der Waals surface area (Å²) in [6.07, 6.45) is 3.32. The molecule has 0 aliphatic rings. The fourth-order valence-corrected chi connectivity index (χ4v) is 2.39. The topological polar surface area (TPSA) is 41.6 Å². The number of amides is 1. The summed E-state index contributed by atoms with van der Waals surface area (Å²) < 4.78 is 5.74. The maximum atomic E-state index is 11.9. The number of ether oxygens (including phenoxy) is 1. The Bertz CT molecular complexity index is 662. The molecular weight excluding hydrogens is 312 g/mol. The van der Waals surface area contributed by atoms with Gasteiger partial charge >= 0.3 is 0 Å². The molecular formula is C21H26N2O2. The van der Waals surface area contributed by atoms with Gasteiger partial charge < -0.3 is 15.0 Å². The predicted octanol–water partition coefficient (Wildman–Crippen LogP) is 4.06. The summed E-state index contributed by atoms with van der Waals surface area (Å²) >= 11 is 0. The fraction of sp³-hybridized carbons (Fsp3) is 0.286. The maximum Gasteiger partial charge on any atom is 0.248 e. The van der Waals surface area contributed by atoms with Crippen molar-refractivity contribution >= 4 is 17.7 Å². The fourth-order valence-electron chi connectivity index (χ4n) is 2.39. The Kier molecular flexibility index (Phi) is 7.73. The molecule has 1 amide bonds. The number of likely N-dealkylation sites (N-methyl/N-ethyl adjacent to an activating group) is 1. The molecule has 0 saturated carbocycles. The van der Waals surface area contributed by atoms with Crippen LogP contribution in [0.1, 0.15) is 19.4 Å². The highest BCUT2D eigenvalue weighted by molar-refractivity contribution is 6.01. The van der Waals surface area contributed by atoms with E-state index in [9.17, 15) is 4.79 Å². The first-order chi connectivity index (χ1) is 12.2. The molecule has 2 aromatic carbocycles. The summed E-state index contributed by atoms with van der Waals surface area (Å²) in [6.45, 7) is 7.92. The largest absolute Gasteiger partial charge is 0.492 e. The summed E-state index contributed by atoms with van der Waals surface area (Å²) in [5.74, 6) is 0.657. The van der Waals surface area contributed by atoms with Crippen LogP contribution in [0.5, 0.6) is 5.75 Å². The van der Waals surface area contributed by atoms with Gasteiger partial charge in [-0.1, -0.05) is 44.2 Å². The van der Waals surface area contributed by atoms with Crippen LogP contribution in [0, 0.1) is 0 Å². The first kappa shape index (κ1) is 18.7. The monoisotopic (exact) mass is 338 g/mol. The highest BCUT2D eigenvalue weighted by atomic mass is 16.5. The molecule has 0 aliphatic heterocycles. The van der Waals surface area contributed by atoms with Crippen molar-refractivity contribution in [1.29, 1.82) is 0 Å². The minimum absolute atomic E-state index is 0.154. The summed E-state index contributed by atoms with van der Waals surface area (Å²) in [4.78, 5) is 14.3. The molecule has 0 saturated heterocycles. The van der Waals surface area contributed by atoms with E-state index in [1.54, 1.807) is 6.08 Å². The first-order valence-corrected chi connectivity index (χ1v) is 8.70. The van der Waals surface area contributed by atoms with Crippen molar-refractivity contribution in [3.8, 4) is 5.75 Å². The van der Waals surface area contributed by atoms with Crippen molar-refractivity contribution in [3.63, 3.8) is 0 Å². The van der Waals surface area contributed by atoms with Crippen LogP contribution in [0.25, 0.3) is 6.08 Å². The molecule has 0 radical (unpaired) electrons. The van der Waals surface area contributed by atoms with Crippen molar-refractivity contribution in [2.45, 2.75) is 13.8 Å². The zero-order valence-electron chi connectivity index (χ0n) is 14.9. The Morgan fingerprint density at radius 2 is 1.72 bits per heavy atom. The van der Waals surface area contributed by atoms with Gasteiger partial charge in [-0.2, -0.15) is 0 Å². The third-order valence-electron chi connectivity index (χ3n) is 3.92. The highest BCUT2D eigenvalue weighted by Gasteiger charge is 2.01. The van der Waals surface area contributed by atoms with Gasteiger partial charge in [-0.3, -0.25) is 4.79 Å². The van der Waals surface area contributed by atoms with E-state index >= 15 is 0 Å². The first-order valence-electron chi connectivity index (χ1n) is 8.70. The third kappa shape index (κ3) is 6.81. The van der Waals surface area contributed by atoms with Crippen LogP contribution < -0.4 is 10.1 Å². The van der Waals surface area contributed by atoms with Crippen LogP contribution in [0.3, 0.4) is 0 Å². The van der Waals surface area contributed by atoms with Gasteiger partial charge in [0.25, 0.3) is 0 Å². The van der Waals surface area contributed by atoms with Crippen molar-refractivity contribution in [1.82, 2.24) is 4.90 Å². The van der Waals surface area contributed by atoms with E-state index in [-0.39, 0.29) is 5.91 Å². The number of hydrogen-bond acceptors (Lipinski definition) is 3. The van der Waals surface area contributed by atoms with Crippen LogP contribution >= 0.6 is 0 Å². The molecule has 4 heteroatoms. The van der Waals surface area contributed by atoms with Crippen molar-refractivity contribution < 1.29 is 9.53 Å². The lowest BCUT2D eigenvalue weighted by atomic mass is 10.2. The number of nitrogens with one attached hydrogen (secondary N) is 1. The van der Waals surface area contributed by atoms with E-state index in [1.807, 2.05) is 54.6 Å². The van der Waals surface area contributed by atoms with Gasteiger partial charge in [0, 0.05) is 18.3 Å². The average molecular weight is 338 g/mol. The standard InChI is InChI=1S/C21H26N2O2/c1-3-23(4-2)16-17-25-20-13-11-19(12-14-20)22-21(24)15-10-18-8-6-5-7-9-18/h5-15H,3-4,16-17H2,1-2H3,(H,22,24). The zero-order chi connectivity index (χ0) is 17.9. The Morgan fingerprint density at radius 3 is 2.36 bits per heavy atom. The third-order valence-corrected chi connectivity index (χ3v) is 3.92. The molecule has 25 heavy (non-hydrogen) atoms. The smallest absolute Gasteiger partial charge is 0.248 e. The number of carbonyl (C=O) groups excluding carboxylic acids is 1. The zero-order valence-corrected chi connectivity index (χ0v) is 14.9. The van der Waals surface area contributed by atoms with Gasteiger partial charge in [0.1, 0.15) is 12.4 Å². The molecule has 0 atom stereocenters. The minimum Gasteiger partial charge on any atom is -0.492 e. The molecule has 2 rings (SSSR count). The Morgan fingerprint density at radius 1 is 1.04 bits per heavy atom. The molecule has 0 spiro atoms. The van der Waals surface area contributed by atoms with E-state index < -0.39 is 0 Å².